The Morgan fingerprint density at radius 3 is 2.73 bits per heavy atom. The summed E-state index contributed by atoms with van der Waals surface area (Å²) in [5, 5.41) is 7.01. The number of carbonyl (C=O) groups excluding carboxylic acids is 1. The van der Waals surface area contributed by atoms with Crippen LogP contribution >= 0.6 is 11.3 Å². The number of thiophene rings is 1. The first kappa shape index (κ1) is 15.0. The highest BCUT2D eigenvalue weighted by Gasteiger charge is 2.45. The van der Waals surface area contributed by atoms with Crippen molar-refractivity contribution in [2.75, 3.05) is 31.1 Å². The number of hydrogen-bond acceptors (Lipinski definition) is 6. The Bertz CT molecular complexity index is 645. The lowest BCUT2D eigenvalue weighted by Crippen LogP contribution is -2.43. The molecule has 0 saturated carbocycles. The molecular weight excluding hydrogens is 319 g/mol. The largest absolute Gasteiger partial charge is 0.437 e. The van der Waals surface area contributed by atoms with Crippen molar-refractivity contribution in [3.05, 3.63) is 22.6 Å². The number of nitrogens with zero attached hydrogens (tertiary/aromatic N) is 2. The number of rotatable bonds is 2. The molecule has 3 rings (SSSR count). The smallest absolute Gasteiger partial charge is 0.361 e. The summed E-state index contributed by atoms with van der Waals surface area (Å²) in [5.41, 5.74) is -1.84. The van der Waals surface area contributed by atoms with Crippen LogP contribution in [-0.4, -0.2) is 44.0 Å². The molecule has 0 atom stereocenters. The van der Waals surface area contributed by atoms with Crippen LogP contribution in [0.2, 0.25) is 0 Å². The second-order valence-corrected chi connectivity index (χ2v) is 5.88. The summed E-state index contributed by atoms with van der Waals surface area (Å²) < 4.78 is 38.3. The van der Waals surface area contributed by atoms with Crippen molar-refractivity contribution in [3.63, 3.8) is 0 Å². The van der Waals surface area contributed by atoms with E-state index in [4.69, 9.17) is 0 Å². The Morgan fingerprint density at radius 2 is 2.05 bits per heavy atom. The lowest BCUT2D eigenvalue weighted by atomic mass is 10.1. The molecular formula is C13H12F3N3O2S. The molecule has 0 aromatic carbocycles. The van der Waals surface area contributed by atoms with E-state index in [-0.39, 0.29) is 0 Å². The van der Waals surface area contributed by atoms with Gasteiger partial charge in [-0.25, -0.2) is 4.79 Å². The zero-order valence-electron chi connectivity index (χ0n) is 11.3. The number of oxime groups is 1. The second-order valence-electron chi connectivity index (χ2n) is 4.79. The number of hydrogen-bond donors (Lipinski definition) is 1. The maximum absolute atomic E-state index is 12.8. The summed E-state index contributed by atoms with van der Waals surface area (Å²) in [4.78, 5) is 18.3. The minimum Gasteiger partial charge on any atom is -0.361 e. The molecule has 0 amide bonds. The number of anilines is 1. The molecule has 0 unspecified atom stereocenters. The van der Waals surface area contributed by atoms with Crippen molar-refractivity contribution < 1.29 is 22.8 Å². The number of carbonyl (C=O) groups is 1. The highest BCUT2D eigenvalue weighted by Crippen LogP contribution is 2.32. The third kappa shape index (κ3) is 3.00. The Balaban J connectivity index is 1.84. The van der Waals surface area contributed by atoms with Gasteiger partial charge in [-0.1, -0.05) is 5.16 Å². The van der Waals surface area contributed by atoms with Gasteiger partial charge in [0.15, 0.2) is 5.71 Å². The average Bonchev–Trinajstić information content (AvgIpc) is 3.08. The Hall–Kier alpha value is -1.87. The van der Waals surface area contributed by atoms with Crippen molar-refractivity contribution in [3.8, 4) is 0 Å². The minimum absolute atomic E-state index is 0.554. The molecule has 1 aromatic rings. The van der Waals surface area contributed by atoms with E-state index in [1.807, 2.05) is 6.07 Å². The number of nitrogens with one attached hydrogen (secondary N) is 1. The topological polar surface area (TPSA) is 53.9 Å². The summed E-state index contributed by atoms with van der Waals surface area (Å²) in [6.45, 7) is 3.42. The van der Waals surface area contributed by atoms with Gasteiger partial charge in [-0.3, -0.25) is 0 Å². The van der Waals surface area contributed by atoms with Crippen LogP contribution in [0.3, 0.4) is 0 Å². The first-order valence-electron chi connectivity index (χ1n) is 6.59. The molecule has 22 heavy (non-hydrogen) atoms. The summed E-state index contributed by atoms with van der Waals surface area (Å²) in [6, 6.07) is 3.53. The molecule has 2 aliphatic rings. The van der Waals surface area contributed by atoms with Crippen molar-refractivity contribution in [1.82, 2.24) is 5.32 Å². The predicted octanol–water partition coefficient (Wildman–Crippen LogP) is 2.02. The van der Waals surface area contributed by atoms with Gasteiger partial charge in [-0.05, 0) is 18.2 Å². The molecule has 9 heteroatoms. The van der Waals surface area contributed by atoms with Crippen LogP contribution in [0.4, 0.5) is 18.2 Å². The van der Waals surface area contributed by atoms with Crippen LogP contribution in [0.25, 0.3) is 6.08 Å². The molecule has 0 aliphatic carbocycles. The van der Waals surface area contributed by atoms with Crippen molar-refractivity contribution >= 4 is 34.1 Å². The average molecular weight is 331 g/mol. The van der Waals surface area contributed by atoms with Gasteiger partial charge in [0, 0.05) is 31.1 Å². The van der Waals surface area contributed by atoms with Gasteiger partial charge in [0.25, 0.3) is 0 Å². The van der Waals surface area contributed by atoms with Crippen molar-refractivity contribution in [2.45, 2.75) is 6.18 Å². The quantitative estimate of drug-likeness (QED) is 0.665. The highest BCUT2D eigenvalue weighted by atomic mass is 32.1. The molecule has 118 valence electrons. The van der Waals surface area contributed by atoms with Gasteiger partial charge in [-0.2, -0.15) is 13.2 Å². The predicted molar refractivity (Wildman–Crippen MR) is 77.0 cm³/mol. The van der Waals surface area contributed by atoms with Gasteiger partial charge < -0.3 is 15.1 Å². The Morgan fingerprint density at radius 1 is 1.32 bits per heavy atom. The fourth-order valence-corrected chi connectivity index (χ4v) is 3.23. The van der Waals surface area contributed by atoms with E-state index in [2.05, 4.69) is 20.2 Å². The third-order valence-corrected chi connectivity index (χ3v) is 4.38. The van der Waals surface area contributed by atoms with Crippen molar-refractivity contribution in [1.29, 1.82) is 0 Å². The fourth-order valence-electron chi connectivity index (χ4n) is 2.23. The van der Waals surface area contributed by atoms with E-state index >= 15 is 0 Å². The molecule has 0 bridgehead atoms. The molecule has 5 nitrogen and oxygen atoms in total. The Kier molecular flexibility index (Phi) is 3.92. The lowest BCUT2D eigenvalue weighted by Gasteiger charge is -2.27. The van der Waals surface area contributed by atoms with E-state index in [1.165, 1.54) is 17.4 Å². The normalized spacial score (nSPS) is 21.2. The van der Waals surface area contributed by atoms with Gasteiger partial charge in [0.2, 0.25) is 0 Å². The summed E-state index contributed by atoms with van der Waals surface area (Å²) >= 11 is 1.33. The third-order valence-electron chi connectivity index (χ3n) is 3.29. The van der Waals surface area contributed by atoms with Crippen LogP contribution in [-0.2, 0) is 9.63 Å². The molecule has 1 aromatic heterocycles. The molecule has 2 aliphatic heterocycles. The minimum atomic E-state index is -4.71. The van der Waals surface area contributed by atoms with Gasteiger partial charge in [0.05, 0.1) is 10.6 Å². The highest BCUT2D eigenvalue weighted by molar-refractivity contribution is 7.17. The summed E-state index contributed by atoms with van der Waals surface area (Å²) in [5.74, 6) is -1.08. The van der Waals surface area contributed by atoms with Gasteiger partial charge in [-0.15, -0.1) is 11.3 Å². The maximum Gasteiger partial charge on any atom is 0.437 e. The van der Waals surface area contributed by atoms with E-state index in [0.717, 1.165) is 31.2 Å². The van der Waals surface area contributed by atoms with Crippen LogP contribution in [0.1, 0.15) is 4.88 Å². The standard InChI is InChI=1S/C13H12F3N3O2S/c14-13(15,16)11-9(12(20)21-18-11)7-8-1-2-10(22-8)19-5-3-17-4-6-19/h1-2,7,17H,3-6H2/b9-7-. The first-order valence-corrected chi connectivity index (χ1v) is 7.41. The molecule has 0 radical (unpaired) electrons. The monoisotopic (exact) mass is 331 g/mol. The number of halogens is 3. The maximum atomic E-state index is 12.8. The Labute approximate surface area is 128 Å². The SMILES string of the molecule is O=C1ON=C(C(F)(F)F)/C1=C/c1ccc(N2CCNCC2)s1. The van der Waals surface area contributed by atoms with Crippen LogP contribution in [0, 0.1) is 0 Å². The molecule has 3 heterocycles. The molecule has 1 fully saturated rings. The van der Waals surface area contributed by atoms with Crippen molar-refractivity contribution in [2.24, 2.45) is 5.16 Å². The van der Waals surface area contributed by atoms with E-state index < -0.39 is 23.4 Å². The second kappa shape index (κ2) is 5.73. The van der Waals surface area contributed by atoms with Crippen LogP contribution in [0.15, 0.2) is 22.9 Å². The summed E-state index contributed by atoms with van der Waals surface area (Å²) in [6.07, 6.45) is -3.53. The molecule has 1 saturated heterocycles. The van der Waals surface area contributed by atoms with E-state index in [1.54, 1.807) is 6.07 Å². The van der Waals surface area contributed by atoms with Crippen LogP contribution < -0.4 is 10.2 Å². The van der Waals surface area contributed by atoms with Gasteiger partial charge >= 0.3 is 12.1 Å². The molecule has 1 N–H and O–H groups in total. The lowest BCUT2D eigenvalue weighted by molar-refractivity contribution is -0.136. The molecule has 0 spiro atoms. The van der Waals surface area contributed by atoms with Crippen LogP contribution in [0.5, 0.6) is 0 Å². The zero-order chi connectivity index (χ0) is 15.7. The summed E-state index contributed by atoms with van der Waals surface area (Å²) in [7, 11) is 0. The zero-order valence-corrected chi connectivity index (χ0v) is 12.1. The van der Waals surface area contributed by atoms with Gasteiger partial charge in [0.1, 0.15) is 0 Å². The first-order chi connectivity index (χ1) is 10.4. The number of piperazine rings is 1. The number of alkyl halides is 3. The fraction of sp³-hybridized carbons (Fsp3) is 0.385. The van der Waals surface area contributed by atoms with E-state index in [9.17, 15) is 18.0 Å². The van der Waals surface area contributed by atoms with E-state index in [0.29, 0.717) is 4.88 Å².